The van der Waals surface area contributed by atoms with E-state index in [0.717, 1.165) is 42.1 Å². The number of nitrogens with one attached hydrogen (secondary N) is 2. The number of aromatic nitrogens is 2. The van der Waals surface area contributed by atoms with Gasteiger partial charge in [-0.1, -0.05) is 25.0 Å². The van der Waals surface area contributed by atoms with Gasteiger partial charge in [-0.2, -0.15) is 0 Å². The van der Waals surface area contributed by atoms with Crippen molar-refractivity contribution in [3.63, 3.8) is 0 Å². The van der Waals surface area contributed by atoms with Gasteiger partial charge in [0.15, 0.2) is 11.6 Å². The van der Waals surface area contributed by atoms with Crippen molar-refractivity contribution in [3.05, 3.63) is 54.1 Å². The van der Waals surface area contributed by atoms with Crippen LogP contribution in [0.25, 0.3) is 10.8 Å². The number of amides is 1. The maximum atomic E-state index is 15.1. The average molecular weight is 423 g/mol. The van der Waals surface area contributed by atoms with Gasteiger partial charge < -0.3 is 21.3 Å². The molecule has 0 saturated heterocycles. The summed E-state index contributed by atoms with van der Waals surface area (Å²) < 4.78 is 15.1. The maximum Gasteiger partial charge on any atom is 0.252 e. The number of likely N-dealkylation sites (N-methyl/N-ethyl adjacent to an activating group) is 2. The molecule has 2 heterocycles. The highest BCUT2D eigenvalue weighted by Crippen LogP contribution is 2.32. The van der Waals surface area contributed by atoms with Crippen LogP contribution in [0, 0.1) is 5.82 Å². The van der Waals surface area contributed by atoms with Crippen LogP contribution in [0.3, 0.4) is 0 Å². The molecule has 31 heavy (non-hydrogen) atoms. The Morgan fingerprint density at radius 2 is 2.06 bits per heavy atom. The molecule has 2 aromatic heterocycles. The topological polar surface area (TPSA) is 96.2 Å². The first-order valence-corrected chi connectivity index (χ1v) is 10.5. The minimum atomic E-state index is -0.740. The number of nitrogens with two attached hydrogens (primary N) is 1. The molecule has 2 unspecified atom stereocenters. The molecule has 1 saturated carbocycles. The van der Waals surface area contributed by atoms with Crippen LogP contribution in [-0.2, 0) is 0 Å². The summed E-state index contributed by atoms with van der Waals surface area (Å²) in [4.78, 5) is 22.6. The van der Waals surface area contributed by atoms with E-state index < -0.39 is 11.7 Å². The highest BCUT2D eigenvalue weighted by atomic mass is 19.1. The number of carbonyl (C=O) groups is 1. The van der Waals surface area contributed by atoms with E-state index in [1.165, 1.54) is 6.07 Å². The molecule has 0 radical (unpaired) electrons. The van der Waals surface area contributed by atoms with Gasteiger partial charge in [0.05, 0.1) is 5.56 Å². The number of rotatable bonds is 6. The quantitative estimate of drug-likeness (QED) is 0.562. The van der Waals surface area contributed by atoms with Gasteiger partial charge in [0, 0.05) is 48.0 Å². The molecule has 1 aliphatic carbocycles. The van der Waals surface area contributed by atoms with Crippen LogP contribution in [-0.4, -0.2) is 42.1 Å². The molecule has 4 rings (SSSR count). The van der Waals surface area contributed by atoms with Crippen molar-refractivity contribution in [2.45, 2.75) is 37.8 Å². The third-order valence-corrected chi connectivity index (χ3v) is 6.09. The lowest BCUT2D eigenvalue weighted by molar-refractivity contribution is 0.100. The van der Waals surface area contributed by atoms with Crippen molar-refractivity contribution in [2.24, 2.45) is 5.73 Å². The molecular weight excluding hydrogens is 395 g/mol. The summed E-state index contributed by atoms with van der Waals surface area (Å²) in [6, 6.07) is 9.10. The van der Waals surface area contributed by atoms with E-state index in [1.807, 2.05) is 43.3 Å². The first-order valence-electron chi connectivity index (χ1n) is 10.5. The van der Waals surface area contributed by atoms with Crippen molar-refractivity contribution in [3.8, 4) is 0 Å². The van der Waals surface area contributed by atoms with Gasteiger partial charge >= 0.3 is 0 Å². The third kappa shape index (κ3) is 4.16. The van der Waals surface area contributed by atoms with Crippen molar-refractivity contribution < 1.29 is 9.18 Å². The number of anilines is 3. The van der Waals surface area contributed by atoms with Crippen molar-refractivity contribution >= 4 is 34.0 Å². The lowest BCUT2D eigenvalue weighted by Crippen LogP contribution is -2.50. The number of benzene rings is 1. The summed E-state index contributed by atoms with van der Waals surface area (Å²) in [7, 11) is 3.78. The summed E-state index contributed by atoms with van der Waals surface area (Å²) >= 11 is 0. The predicted octanol–water partition coefficient (Wildman–Crippen LogP) is 3.58. The van der Waals surface area contributed by atoms with Crippen LogP contribution in [0.2, 0.25) is 0 Å². The van der Waals surface area contributed by atoms with Crippen LogP contribution in [0.5, 0.6) is 0 Å². The molecule has 1 fully saturated rings. The van der Waals surface area contributed by atoms with Gasteiger partial charge in [0.2, 0.25) is 0 Å². The lowest BCUT2D eigenvalue weighted by atomic mass is 9.89. The van der Waals surface area contributed by atoms with Crippen molar-refractivity contribution in [2.75, 3.05) is 24.3 Å². The zero-order valence-electron chi connectivity index (χ0n) is 17.7. The van der Waals surface area contributed by atoms with Gasteiger partial charge in [0.1, 0.15) is 5.82 Å². The molecule has 2 atom stereocenters. The van der Waals surface area contributed by atoms with Crippen LogP contribution in [0.1, 0.15) is 36.0 Å². The third-order valence-electron chi connectivity index (χ3n) is 6.09. The van der Waals surface area contributed by atoms with Crippen LogP contribution in [0.15, 0.2) is 42.7 Å². The second-order valence-electron chi connectivity index (χ2n) is 7.94. The number of hydrogen-bond donors (Lipinski definition) is 3. The molecule has 0 aliphatic heterocycles. The standard InChI is InChI=1S/C23H27FN6O/c1-26-19-7-3-4-9-20(19)30(2)23-17(24)12-16(21(25)31)22(29-23)28-18-8-5-6-14-13-27-11-10-15(14)18/h5-6,8,10-13,19-20,26H,3-4,7,9H2,1-2H3,(H2,25,31)(H,28,29). The molecule has 3 aromatic rings. The van der Waals surface area contributed by atoms with E-state index in [-0.39, 0.29) is 29.3 Å². The largest absolute Gasteiger partial charge is 0.365 e. The Morgan fingerprint density at radius 3 is 2.84 bits per heavy atom. The fraction of sp³-hybridized carbons (Fsp3) is 0.348. The fourth-order valence-corrected chi connectivity index (χ4v) is 4.44. The van der Waals surface area contributed by atoms with E-state index >= 15 is 4.39 Å². The van der Waals surface area contributed by atoms with Crippen LogP contribution < -0.4 is 21.3 Å². The normalized spacial score (nSPS) is 18.7. The SMILES string of the molecule is CNC1CCCCC1N(C)c1nc(Nc2cccc3cnccc23)c(C(N)=O)cc1F. The number of pyridine rings is 2. The molecule has 162 valence electrons. The Labute approximate surface area is 180 Å². The summed E-state index contributed by atoms with van der Waals surface area (Å²) in [5.74, 6) is -0.876. The molecule has 1 amide bonds. The highest BCUT2D eigenvalue weighted by Gasteiger charge is 2.30. The summed E-state index contributed by atoms with van der Waals surface area (Å²) in [5.41, 5.74) is 6.29. The van der Waals surface area contributed by atoms with Crippen LogP contribution >= 0.6 is 0 Å². The van der Waals surface area contributed by atoms with E-state index in [2.05, 4.69) is 20.6 Å². The van der Waals surface area contributed by atoms with E-state index in [0.29, 0.717) is 0 Å². The smallest absolute Gasteiger partial charge is 0.252 e. The Morgan fingerprint density at radius 1 is 1.26 bits per heavy atom. The summed E-state index contributed by atoms with van der Waals surface area (Å²) in [6.07, 6.45) is 7.66. The Hall–Kier alpha value is -3.26. The number of carbonyl (C=O) groups excluding carboxylic acids is 1. The molecule has 1 aliphatic rings. The van der Waals surface area contributed by atoms with E-state index in [4.69, 9.17) is 5.73 Å². The summed E-state index contributed by atoms with van der Waals surface area (Å²) in [6.45, 7) is 0. The Kier molecular flexibility index (Phi) is 5.99. The van der Waals surface area contributed by atoms with Gasteiger partial charge in [-0.15, -0.1) is 0 Å². The van der Waals surface area contributed by atoms with Crippen LogP contribution in [0.4, 0.5) is 21.7 Å². The highest BCUT2D eigenvalue weighted by molar-refractivity contribution is 6.01. The number of halogens is 1. The van der Waals surface area contributed by atoms with Crippen molar-refractivity contribution in [1.82, 2.24) is 15.3 Å². The molecule has 1 aromatic carbocycles. The number of fused-ring (bicyclic) bond motifs is 1. The molecule has 7 nitrogen and oxygen atoms in total. The van der Waals surface area contributed by atoms with Gasteiger partial charge in [0.25, 0.3) is 5.91 Å². The second-order valence-corrected chi connectivity index (χ2v) is 7.94. The zero-order valence-corrected chi connectivity index (χ0v) is 17.7. The molecule has 0 bridgehead atoms. The predicted molar refractivity (Wildman–Crippen MR) is 121 cm³/mol. The van der Waals surface area contributed by atoms with Crippen molar-refractivity contribution in [1.29, 1.82) is 0 Å². The van der Waals surface area contributed by atoms with E-state index in [1.54, 1.807) is 12.4 Å². The van der Waals surface area contributed by atoms with Gasteiger partial charge in [-0.25, -0.2) is 9.37 Å². The number of nitrogens with zero attached hydrogens (tertiary/aromatic N) is 3. The average Bonchev–Trinajstić information content (AvgIpc) is 2.79. The second kappa shape index (κ2) is 8.85. The Bertz CT molecular complexity index is 1100. The minimum Gasteiger partial charge on any atom is -0.365 e. The zero-order chi connectivity index (χ0) is 22.0. The monoisotopic (exact) mass is 422 g/mol. The van der Waals surface area contributed by atoms with Gasteiger partial charge in [-0.3, -0.25) is 9.78 Å². The molecular formula is C23H27FN6O. The number of hydrogen-bond acceptors (Lipinski definition) is 6. The molecule has 8 heteroatoms. The Balaban J connectivity index is 1.75. The van der Waals surface area contributed by atoms with E-state index in [9.17, 15) is 4.79 Å². The summed E-state index contributed by atoms with van der Waals surface area (Å²) in [5, 5.41) is 8.39. The first kappa shape index (κ1) is 21.0. The lowest BCUT2D eigenvalue weighted by Gasteiger charge is -2.38. The first-order chi connectivity index (χ1) is 15.0. The maximum absolute atomic E-state index is 15.1. The number of primary amides is 1. The molecule has 4 N–H and O–H groups in total. The molecule has 0 spiro atoms. The minimum absolute atomic E-state index is 0.00881. The fourth-order valence-electron chi connectivity index (χ4n) is 4.44. The van der Waals surface area contributed by atoms with Gasteiger partial charge in [-0.05, 0) is 38.1 Å².